The maximum Gasteiger partial charge on any atom is 0.120 e. The minimum absolute atomic E-state index is 0.290. The Bertz CT molecular complexity index is 1070. The second-order valence-electron chi connectivity index (χ2n) is 9.07. The Morgan fingerprint density at radius 3 is 2.29 bits per heavy atom. The van der Waals surface area contributed by atoms with Crippen LogP contribution < -0.4 is 9.47 Å². The average Bonchev–Trinajstić information content (AvgIpc) is 3.24. The lowest BCUT2D eigenvalue weighted by Crippen LogP contribution is -2.47. The van der Waals surface area contributed by atoms with Crippen molar-refractivity contribution in [2.75, 3.05) is 26.3 Å². The van der Waals surface area contributed by atoms with Crippen LogP contribution in [0.1, 0.15) is 29.5 Å². The molecule has 0 unspecified atom stereocenters. The van der Waals surface area contributed by atoms with E-state index >= 15 is 0 Å². The number of nitrogens with zero attached hydrogens (tertiary/aromatic N) is 3. The van der Waals surface area contributed by atoms with Crippen LogP contribution in [0.25, 0.3) is 0 Å². The quantitative estimate of drug-likeness (QED) is 0.429. The monoisotopic (exact) mass is 503 g/mol. The Labute approximate surface area is 211 Å². The molecule has 182 valence electrons. The number of aryl methyl sites for hydroxylation is 2. The predicted octanol–water partition coefficient (Wildman–Crippen LogP) is 5.29. The summed E-state index contributed by atoms with van der Waals surface area (Å²) in [4.78, 5) is 2.36. The molecule has 0 radical (unpaired) electrons. The molecule has 3 aromatic rings. The molecule has 1 N–H and O–H groups in total. The van der Waals surface area contributed by atoms with Gasteiger partial charge in [0.2, 0.25) is 0 Å². The highest BCUT2D eigenvalue weighted by Gasteiger charge is 2.33. The van der Waals surface area contributed by atoms with Gasteiger partial charge >= 0.3 is 0 Å². The summed E-state index contributed by atoms with van der Waals surface area (Å²) in [5.41, 5.74) is 2.38. The Morgan fingerprint density at radius 1 is 1.00 bits per heavy atom. The van der Waals surface area contributed by atoms with Gasteiger partial charge in [0.05, 0.1) is 17.8 Å². The molecule has 1 aromatic heterocycles. The standard InChI is InChI=1S/C26H31Cl2N3O3/c1-19-13-24(14-20(2)25(19)28)34-18-26(32)7-9-30(10-8-26)16-21-3-5-23(6-4-21)33-12-11-31-17-22(27)15-29-31/h3-6,13-15,17,32H,7-12,16,18H2,1-2H3. The van der Waals surface area contributed by atoms with E-state index < -0.39 is 5.60 Å². The van der Waals surface area contributed by atoms with Crippen molar-refractivity contribution in [2.45, 2.75) is 45.4 Å². The molecule has 2 heterocycles. The second kappa shape index (κ2) is 11.0. The van der Waals surface area contributed by atoms with E-state index in [1.54, 1.807) is 17.1 Å². The molecular formula is C26H31Cl2N3O3. The van der Waals surface area contributed by atoms with Gasteiger partial charge in [-0.15, -0.1) is 0 Å². The van der Waals surface area contributed by atoms with E-state index in [-0.39, 0.29) is 6.61 Å². The third-order valence-electron chi connectivity index (χ3n) is 6.22. The Kier molecular flexibility index (Phi) is 8.04. The van der Waals surface area contributed by atoms with Crippen LogP contribution in [0.5, 0.6) is 11.5 Å². The van der Waals surface area contributed by atoms with E-state index in [4.69, 9.17) is 32.7 Å². The summed E-state index contributed by atoms with van der Waals surface area (Å²) < 4.78 is 13.5. The van der Waals surface area contributed by atoms with Gasteiger partial charge in [-0.25, -0.2) is 0 Å². The maximum absolute atomic E-state index is 11.0. The maximum atomic E-state index is 11.0. The predicted molar refractivity (Wildman–Crippen MR) is 135 cm³/mol. The largest absolute Gasteiger partial charge is 0.492 e. The van der Waals surface area contributed by atoms with E-state index in [0.717, 1.165) is 47.3 Å². The van der Waals surface area contributed by atoms with Crippen molar-refractivity contribution in [3.63, 3.8) is 0 Å². The molecular weight excluding hydrogens is 473 g/mol. The molecule has 0 amide bonds. The number of aliphatic hydroxyl groups is 1. The van der Waals surface area contributed by atoms with Gasteiger partial charge in [0.15, 0.2) is 0 Å². The summed E-state index contributed by atoms with van der Waals surface area (Å²) in [5, 5.41) is 16.5. The highest BCUT2D eigenvalue weighted by atomic mass is 35.5. The Balaban J connectivity index is 1.20. The lowest BCUT2D eigenvalue weighted by Gasteiger charge is -2.38. The minimum Gasteiger partial charge on any atom is -0.492 e. The molecule has 0 atom stereocenters. The average molecular weight is 504 g/mol. The summed E-state index contributed by atoms with van der Waals surface area (Å²) in [5.74, 6) is 1.59. The Morgan fingerprint density at radius 2 is 1.68 bits per heavy atom. The fraction of sp³-hybridized carbons (Fsp3) is 0.423. The number of halogens is 2. The normalized spacial score (nSPS) is 15.9. The summed E-state index contributed by atoms with van der Waals surface area (Å²) in [6, 6.07) is 12.0. The molecule has 1 aliphatic heterocycles. The summed E-state index contributed by atoms with van der Waals surface area (Å²) in [6.45, 7) is 7.88. The summed E-state index contributed by atoms with van der Waals surface area (Å²) in [6.07, 6.45) is 4.75. The van der Waals surface area contributed by atoms with Crippen molar-refractivity contribution < 1.29 is 14.6 Å². The highest BCUT2D eigenvalue weighted by Crippen LogP contribution is 2.29. The lowest BCUT2D eigenvalue weighted by molar-refractivity contribution is -0.0537. The van der Waals surface area contributed by atoms with Gasteiger partial charge in [0, 0.05) is 30.9 Å². The van der Waals surface area contributed by atoms with E-state index in [1.165, 1.54) is 5.56 Å². The first-order valence-electron chi connectivity index (χ1n) is 11.5. The third-order valence-corrected chi connectivity index (χ3v) is 7.02. The van der Waals surface area contributed by atoms with Crippen LogP contribution in [0.4, 0.5) is 0 Å². The first-order valence-corrected chi connectivity index (χ1v) is 12.3. The van der Waals surface area contributed by atoms with Crippen molar-refractivity contribution in [2.24, 2.45) is 0 Å². The van der Waals surface area contributed by atoms with E-state index in [9.17, 15) is 5.11 Å². The number of benzene rings is 2. The molecule has 6 nitrogen and oxygen atoms in total. The molecule has 1 aliphatic rings. The number of hydrogen-bond acceptors (Lipinski definition) is 5. The fourth-order valence-electron chi connectivity index (χ4n) is 4.15. The van der Waals surface area contributed by atoms with Gasteiger partial charge in [-0.05, 0) is 67.6 Å². The topological polar surface area (TPSA) is 59.8 Å². The molecule has 1 saturated heterocycles. The van der Waals surface area contributed by atoms with Crippen molar-refractivity contribution >= 4 is 23.2 Å². The molecule has 4 rings (SSSR count). The first-order chi connectivity index (χ1) is 16.3. The zero-order valence-electron chi connectivity index (χ0n) is 19.6. The summed E-state index contributed by atoms with van der Waals surface area (Å²) >= 11 is 12.1. The number of likely N-dealkylation sites (tertiary alicyclic amines) is 1. The summed E-state index contributed by atoms with van der Waals surface area (Å²) in [7, 11) is 0. The molecule has 0 spiro atoms. The lowest BCUT2D eigenvalue weighted by atomic mass is 9.92. The number of piperidine rings is 1. The zero-order valence-corrected chi connectivity index (χ0v) is 21.1. The third kappa shape index (κ3) is 6.66. The van der Waals surface area contributed by atoms with E-state index in [0.29, 0.717) is 31.0 Å². The molecule has 0 bridgehead atoms. The highest BCUT2D eigenvalue weighted by molar-refractivity contribution is 6.32. The van der Waals surface area contributed by atoms with Crippen LogP contribution in [-0.2, 0) is 13.1 Å². The number of ether oxygens (including phenoxy) is 2. The van der Waals surface area contributed by atoms with E-state index in [2.05, 4.69) is 22.1 Å². The van der Waals surface area contributed by atoms with Crippen LogP contribution >= 0.6 is 23.2 Å². The van der Waals surface area contributed by atoms with Crippen LogP contribution in [0.2, 0.25) is 10.0 Å². The minimum atomic E-state index is -0.811. The van der Waals surface area contributed by atoms with Crippen LogP contribution in [0, 0.1) is 13.8 Å². The molecule has 0 saturated carbocycles. The van der Waals surface area contributed by atoms with Gasteiger partial charge in [-0.1, -0.05) is 35.3 Å². The van der Waals surface area contributed by atoms with Crippen molar-refractivity contribution in [3.8, 4) is 11.5 Å². The first kappa shape index (κ1) is 24.9. The molecule has 0 aliphatic carbocycles. The zero-order chi connectivity index (χ0) is 24.1. The van der Waals surface area contributed by atoms with Crippen LogP contribution in [0.3, 0.4) is 0 Å². The van der Waals surface area contributed by atoms with Crippen LogP contribution in [-0.4, -0.2) is 51.7 Å². The molecule has 8 heteroatoms. The van der Waals surface area contributed by atoms with Crippen LogP contribution in [0.15, 0.2) is 48.8 Å². The van der Waals surface area contributed by atoms with Gasteiger partial charge in [0.25, 0.3) is 0 Å². The van der Waals surface area contributed by atoms with E-state index in [1.807, 2.05) is 38.1 Å². The van der Waals surface area contributed by atoms with Gasteiger partial charge in [-0.2, -0.15) is 5.10 Å². The smallest absolute Gasteiger partial charge is 0.120 e. The molecule has 2 aromatic carbocycles. The number of aromatic nitrogens is 2. The number of rotatable bonds is 9. The van der Waals surface area contributed by atoms with Gasteiger partial charge < -0.3 is 14.6 Å². The molecule has 1 fully saturated rings. The Hall–Kier alpha value is -2.25. The SMILES string of the molecule is Cc1cc(OCC2(O)CCN(Cc3ccc(OCCn4cc(Cl)cn4)cc3)CC2)cc(C)c1Cl. The molecule has 34 heavy (non-hydrogen) atoms. The van der Waals surface area contributed by atoms with Crippen molar-refractivity contribution in [1.82, 2.24) is 14.7 Å². The van der Waals surface area contributed by atoms with Crippen molar-refractivity contribution in [1.29, 1.82) is 0 Å². The van der Waals surface area contributed by atoms with Crippen molar-refractivity contribution in [3.05, 3.63) is 75.5 Å². The van der Waals surface area contributed by atoms with Gasteiger partial charge in [-0.3, -0.25) is 9.58 Å². The van der Waals surface area contributed by atoms with Gasteiger partial charge in [0.1, 0.15) is 30.3 Å². The second-order valence-corrected chi connectivity index (χ2v) is 9.89. The fourth-order valence-corrected chi connectivity index (χ4v) is 4.41. The number of hydrogen-bond donors (Lipinski definition) is 1.